The summed E-state index contributed by atoms with van der Waals surface area (Å²) < 4.78 is 5.69. The Morgan fingerprint density at radius 2 is 1.85 bits per heavy atom. The van der Waals surface area contributed by atoms with Gasteiger partial charge >= 0.3 is 0 Å². The number of likely N-dealkylation sites (N-methyl/N-ethyl adjacent to an activating group) is 1. The minimum atomic E-state index is -0.184. The van der Waals surface area contributed by atoms with Crippen LogP contribution >= 0.6 is 0 Å². The van der Waals surface area contributed by atoms with Gasteiger partial charge in [-0.2, -0.15) is 0 Å². The number of carbonyl (C=O) groups is 1. The van der Waals surface area contributed by atoms with Gasteiger partial charge in [-0.05, 0) is 44.2 Å². The summed E-state index contributed by atoms with van der Waals surface area (Å²) in [5.74, 6) is 0.600. The molecule has 0 atom stereocenters. The molecule has 1 aliphatic heterocycles. The first-order valence-corrected chi connectivity index (χ1v) is 8.55. The highest BCUT2D eigenvalue weighted by Crippen LogP contribution is 2.33. The van der Waals surface area contributed by atoms with E-state index < -0.39 is 0 Å². The van der Waals surface area contributed by atoms with E-state index >= 15 is 0 Å². The Bertz CT molecular complexity index is 1020. The molecule has 6 nitrogen and oxygen atoms in total. The number of rotatable bonds is 2. The summed E-state index contributed by atoms with van der Waals surface area (Å²) in [5, 5.41) is 2.93. The van der Waals surface area contributed by atoms with Gasteiger partial charge in [-0.1, -0.05) is 0 Å². The van der Waals surface area contributed by atoms with E-state index in [-0.39, 0.29) is 5.91 Å². The van der Waals surface area contributed by atoms with E-state index in [0.717, 1.165) is 40.4 Å². The number of amides is 1. The van der Waals surface area contributed by atoms with Gasteiger partial charge in [0.1, 0.15) is 12.4 Å². The standard InChI is InChI=1S/C20H20N4O2/c1-12-13(2)22-17-10-14(4-6-16(17)21-12)20(25)23-15-5-7-18-19(11-15)26-9-8-24(18)3/h4-7,10-11H,8-9H2,1-3H3,(H,23,25). The maximum absolute atomic E-state index is 12.6. The molecular weight excluding hydrogens is 328 g/mol. The van der Waals surface area contributed by atoms with Gasteiger partial charge < -0.3 is 15.0 Å². The molecule has 1 aromatic heterocycles. The summed E-state index contributed by atoms with van der Waals surface area (Å²) >= 11 is 0. The molecule has 6 heteroatoms. The normalized spacial score (nSPS) is 13.3. The van der Waals surface area contributed by atoms with Crippen molar-refractivity contribution in [2.45, 2.75) is 13.8 Å². The Balaban J connectivity index is 1.60. The number of hydrogen-bond acceptors (Lipinski definition) is 5. The average molecular weight is 348 g/mol. The van der Waals surface area contributed by atoms with E-state index in [1.807, 2.05) is 45.2 Å². The molecule has 2 heterocycles. The number of benzene rings is 2. The Morgan fingerprint density at radius 1 is 1.08 bits per heavy atom. The minimum Gasteiger partial charge on any atom is -0.489 e. The Kier molecular flexibility index (Phi) is 3.95. The third-order valence-electron chi connectivity index (χ3n) is 4.65. The third-order valence-corrected chi connectivity index (χ3v) is 4.65. The van der Waals surface area contributed by atoms with Crippen LogP contribution in [0.3, 0.4) is 0 Å². The molecule has 1 amide bonds. The molecule has 0 saturated carbocycles. The monoisotopic (exact) mass is 348 g/mol. The second-order valence-electron chi connectivity index (χ2n) is 6.50. The number of aryl methyl sites for hydroxylation is 2. The van der Waals surface area contributed by atoms with Gasteiger partial charge in [0.15, 0.2) is 0 Å². The molecule has 26 heavy (non-hydrogen) atoms. The van der Waals surface area contributed by atoms with E-state index in [9.17, 15) is 4.79 Å². The molecule has 0 saturated heterocycles. The number of ether oxygens (including phenoxy) is 1. The highest BCUT2D eigenvalue weighted by atomic mass is 16.5. The predicted octanol–water partition coefficient (Wildman–Crippen LogP) is 3.33. The summed E-state index contributed by atoms with van der Waals surface area (Å²) in [7, 11) is 2.03. The van der Waals surface area contributed by atoms with E-state index in [1.54, 1.807) is 12.1 Å². The van der Waals surface area contributed by atoms with Gasteiger partial charge in [-0.15, -0.1) is 0 Å². The van der Waals surface area contributed by atoms with Gasteiger partial charge in [0.2, 0.25) is 0 Å². The van der Waals surface area contributed by atoms with Crippen molar-refractivity contribution in [2.24, 2.45) is 0 Å². The van der Waals surface area contributed by atoms with Gasteiger partial charge in [0.05, 0.1) is 34.7 Å². The second kappa shape index (κ2) is 6.29. The lowest BCUT2D eigenvalue weighted by atomic mass is 10.1. The highest BCUT2D eigenvalue weighted by molar-refractivity contribution is 6.06. The number of carbonyl (C=O) groups excluding carboxylic acids is 1. The molecule has 0 bridgehead atoms. The molecule has 2 aromatic carbocycles. The fraction of sp³-hybridized carbons (Fsp3) is 0.250. The molecular formula is C20H20N4O2. The maximum Gasteiger partial charge on any atom is 0.255 e. The molecule has 0 spiro atoms. The van der Waals surface area contributed by atoms with Crippen LogP contribution in [-0.2, 0) is 0 Å². The van der Waals surface area contributed by atoms with Crippen LogP contribution in [-0.4, -0.2) is 36.1 Å². The van der Waals surface area contributed by atoms with Gasteiger partial charge in [-0.25, -0.2) is 9.97 Å². The second-order valence-corrected chi connectivity index (χ2v) is 6.50. The van der Waals surface area contributed by atoms with Gasteiger partial charge in [0, 0.05) is 24.4 Å². The van der Waals surface area contributed by atoms with Crippen molar-refractivity contribution >= 4 is 28.3 Å². The predicted molar refractivity (Wildman–Crippen MR) is 102 cm³/mol. The number of nitrogens with zero attached hydrogens (tertiary/aromatic N) is 3. The number of aromatic nitrogens is 2. The average Bonchev–Trinajstić information content (AvgIpc) is 2.62. The summed E-state index contributed by atoms with van der Waals surface area (Å²) in [6.07, 6.45) is 0. The summed E-state index contributed by atoms with van der Waals surface area (Å²) in [4.78, 5) is 23.8. The first-order chi connectivity index (χ1) is 12.5. The van der Waals surface area contributed by atoms with Crippen LogP contribution < -0.4 is 15.0 Å². The first-order valence-electron chi connectivity index (χ1n) is 8.55. The summed E-state index contributed by atoms with van der Waals surface area (Å²) in [5.41, 5.74) is 5.55. The third kappa shape index (κ3) is 2.94. The van der Waals surface area contributed by atoms with Crippen LogP contribution in [0.25, 0.3) is 11.0 Å². The van der Waals surface area contributed by atoms with Crippen LogP contribution in [0, 0.1) is 13.8 Å². The number of fused-ring (bicyclic) bond motifs is 2. The largest absolute Gasteiger partial charge is 0.489 e. The Morgan fingerprint density at radius 3 is 2.65 bits per heavy atom. The Hall–Kier alpha value is -3.15. The van der Waals surface area contributed by atoms with Gasteiger partial charge in [0.25, 0.3) is 5.91 Å². The first kappa shape index (κ1) is 16.3. The van der Waals surface area contributed by atoms with Crippen molar-refractivity contribution in [3.63, 3.8) is 0 Å². The van der Waals surface area contributed by atoms with E-state index in [4.69, 9.17) is 4.74 Å². The maximum atomic E-state index is 12.6. The molecule has 0 radical (unpaired) electrons. The zero-order chi connectivity index (χ0) is 18.3. The van der Waals surface area contributed by atoms with Crippen molar-refractivity contribution in [2.75, 3.05) is 30.4 Å². The highest BCUT2D eigenvalue weighted by Gasteiger charge is 2.16. The van der Waals surface area contributed by atoms with Crippen LogP contribution in [0.15, 0.2) is 36.4 Å². The van der Waals surface area contributed by atoms with Gasteiger partial charge in [-0.3, -0.25) is 4.79 Å². The van der Waals surface area contributed by atoms with Crippen molar-refractivity contribution in [3.05, 3.63) is 53.3 Å². The molecule has 0 aliphatic carbocycles. The molecule has 1 aliphatic rings. The van der Waals surface area contributed by atoms with Crippen LogP contribution in [0.2, 0.25) is 0 Å². The van der Waals surface area contributed by atoms with Crippen molar-refractivity contribution in [1.29, 1.82) is 0 Å². The smallest absolute Gasteiger partial charge is 0.255 e. The zero-order valence-electron chi connectivity index (χ0n) is 15.0. The molecule has 0 fully saturated rings. The molecule has 4 rings (SSSR count). The van der Waals surface area contributed by atoms with Crippen molar-refractivity contribution in [3.8, 4) is 5.75 Å². The zero-order valence-corrected chi connectivity index (χ0v) is 15.0. The molecule has 1 N–H and O–H groups in total. The number of hydrogen-bond donors (Lipinski definition) is 1. The number of nitrogens with one attached hydrogen (secondary N) is 1. The fourth-order valence-electron chi connectivity index (χ4n) is 3.01. The van der Waals surface area contributed by atoms with Crippen LogP contribution in [0.5, 0.6) is 5.75 Å². The fourth-order valence-corrected chi connectivity index (χ4v) is 3.01. The number of anilines is 2. The molecule has 132 valence electrons. The van der Waals surface area contributed by atoms with Crippen LogP contribution in [0.4, 0.5) is 11.4 Å². The van der Waals surface area contributed by atoms with E-state index in [1.165, 1.54) is 0 Å². The summed E-state index contributed by atoms with van der Waals surface area (Å²) in [6.45, 7) is 5.34. The van der Waals surface area contributed by atoms with Crippen molar-refractivity contribution < 1.29 is 9.53 Å². The van der Waals surface area contributed by atoms with Crippen molar-refractivity contribution in [1.82, 2.24) is 9.97 Å². The lowest BCUT2D eigenvalue weighted by Gasteiger charge is -2.27. The quantitative estimate of drug-likeness (QED) is 0.769. The minimum absolute atomic E-state index is 0.184. The molecule has 0 unspecified atom stereocenters. The van der Waals surface area contributed by atoms with Crippen LogP contribution in [0.1, 0.15) is 21.7 Å². The lowest BCUT2D eigenvalue weighted by molar-refractivity contribution is 0.102. The SMILES string of the molecule is Cc1nc2ccc(C(=O)Nc3ccc4c(c3)OCCN4C)cc2nc1C. The topological polar surface area (TPSA) is 67.3 Å². The molecule has 3 aromatic rings. The Labute approximate surface area is 151 Å². The summed E-state index contributed by atoms with van der Waals surface area (Å²) in [6, 6.07) is 11.1. The lowest BCUT2D eigenvalue weighted by Crippen LogP contribution is -2.28. The van der Waals surface area contributed by atoms with E-state index in [2.05, 4.69) is 20.2 Å². The van der Waals surface area contributed by atoms with E-state index in [0.29, 0.717) is 17.9 Å².